The van der Waals surface area contributed by atoms with E-state index in [0.29, 0.717) is 22.9 Å². The van der Waals surface area contributed by atoms with Crippen LogP contribution in [0.5, 0.6) is 0 Å². The van der Waals surface area contributed by atoms with Crippen LogP contribution in [-0.4, -0.2) is 30.4 Å². The Kier molecular flexibility index (Phi) is 5.02. The zero-order chi connectivity index (χ0) is 18.1. The minimum atomic E-state index is -0.171. The number of hydrogen-bond acceptors (Lipinski definition) is 4. The zero-order valence-corrected chi connectivity index (χ0v) is 16.2. The van der Waals surface area contributed by atoms with Crippen LogP contribution in [0.1, 0.15) is 39.9 Å². The summed E-state index contributed by atoms with van der Waals surface area (Å²) in [7, 11) is 0. The Bertz CT molecular complexity index is 913. The summed E-state index contributed by atoms with van der Waals surface area (Å²) in [6.45, 7) is 4.64. The van der Waals surface area contributed by atoms with Gasteiger partial charge in [0, 0.05) is 27.4 Å². The molecule has 3 heterocycles. The van der Waals surface area contributed by atoms with Gasteiger partial charge in [0.1, 0.15) is 5.58 Å². The average molecular weight is 389 g/mol. The van der Waals surface area contributed by atoms with E-state index in [1.54, 1.807) is 23.5 Å². The van der Waals surface area contributed by atoms with Crippen molar-refractivity contribution < 1.29 is 9.21 Å². The first-order valence-electron chi connectivity index (χ1n) is 8.88. The summed E-state index contributed by atoms with van der Waals surface area (Å²) in [4.78, 5) is 16.5. The van der Waals surface area contributed by atoms with Gasteiger partial charge in [-0.2, -0.15) is 0 Å². The third-order valence-electron chi connectivity index (χ3n) is 5.01. The first-order valence-corrected chi connectivity index (χ1v) is 10.1. The van der Waals surface area contributed by atoms with Crippen molar-refractivity contribution in [2.24, 2.45) is 0 Å². The molecule has 1 saturated heterocycles. The number of aryl methyl sites for hydroxylation is 1. The molecule has 6 heteroatoms. The summed E-state index contributed by atoms with van der Waals surface area (Å²) in [6, 6.07) is 9.85. The van der Waals surface area contributed by atoms with E-state index in [4.69, 9.17) is 16.0 Å². The summed E-state index contributed by atoms with van der Waals surface area (Å²) in [6.07, 6.45) is 2.44. The number of rotatable bonds is 5. The van der Waals surface area contributed by atoms with E-state index in [2.05, 4.69) is 27.7 Å². The maximum absolute atomic E-state index is 12.8. The molecule has 3 aromatic rings. The van der Waals surface area contributed by atoms with Gasteiger partial charge in [-0.25, -0.2) is 0 Å². The predicted molar refractivity (Wildman–Crippen MR) is 106 cm³/mol. The Morgan fingerprint density at radius 3 is 2.88 bits per heavy atom. The molecule has 0 bridgehead atoms. The fourth-order valence-corrected chi connectivity index (χ4v) is 4.66. The molecule has 1 fully saturated rings. The Morgan fingerprint density at radius 1 is 1.35 bits per heavy atom. The average Bonchev–Trinajstić information content (AvgIpc) is 3.38. The highest BCUT2D eigenvalue weighted by molar-refractivity contribution is 7.10. The highest BCUT2D eigenvalue weighted by Crippen LogP contribution is 2.30. The van der Waals surface area contributed by atoms with E-state index in [1.807, 2.05) is 13.0 Å². The summed E-state index contributed by atoms with van der Waals surface area (Å²) in [5, 5.41) is 6.70. The van der Waals surface area contributed by atoms with Crippen LogP contribution in [0.25, 0.3) is 11.0 Å². The lowest BCUT2D eigenvalue weighted by Gasteiger charge is -2.26. The Hall–Kier alpha value is -1.82. The number of halogens is 1. The lowest BCUT2D eigenvalue weighted by molar-refractivity contribution is 0.0912. The molecule has 0 aliphatic carbocycles. The summed E-state index contributed by atoms with van der Waals surface area (Å²) < 4.78 is 5.78. The number of nitrogens with zero attached hydrogens (tertiary/aromatic N) is 1. The van der Waals surface area contributed by atoms with Gasteiger partial charge in [0.15, 0.2) is 5.76 Å². The van der Waals surface area contributed by atoms with Crippen molar-refractivity contribution >= 4 is 39.8 Å². The Labute approximate surface area is 161 Å². The van der Waals surface area contributed by atoms with E-state index >= 15 is 0 Å². The molecule has 1 atom stereocenters. The number of benzene rings is 1. The quantitative estimate of drug-likeness (QED) is 0.667. The molecule has 0 spiro atoms. The van der Waals surface area contributed by atoms with E-state index in [-0.39, 0.29) is 11.9 Å². The van der Waals surface area contributed by atoms with Crippen LogP contribution in [-0.2, 0) is 0 Å². The number of carbonyl (C=O) groups excluding carboxylic acids is 1. The fraction of sp³-hybridized carbons (Fsp3) is 0.350. The van der Waals surface area contributed by atoms with E-state index in [9.17, 15) is 4.79 Å². The highest BCUT2D eigenvalue weighted by atomic mass is 35.5. The number of furan rings is 1. The van der Waals surface area contributed by atoms with Crippen LogP contribution < -0.4 is 5.32 Å². The van der Waals surface area contributed by atoms with E-state index in [1.165, 1.54) is 17.7 Å². The second-order valence-corrected chi connectivity index (χ2v) is 8.10. The van der Waals surface area contributed by atoms with Crippen LogP contribution in [0.3, 0.4) is 0 Å². The zero-order valence-electron chi connectivity index (χ0n) is 14.6. The molecule has 1 aromatic carbocycles. The summed E-state index contributed by atoms with van der Waals surface area (Å²) >= 11 is 7.81. The fourth-order valence-electron chi connectivity index (χ4n) is 3.62. The van der Waals surface area contributed by atoms with Gasteiger partial charge in [-0.1, -0.05) is 17.7 Å². The molecule has 4 nitrogen and oxygen atoms in total. The minimum Gasteiger partial charge on any atom is -0.451 e. The Morgan fingerprint density at radius 2 is 2.15 bits per heavy atom. The lowest BCUT2D eigenvalue weighted by atomic mass is 10.1. The number of fused-ring (bicyclic) bond motifs is 1. The maximum atomic E-state index is 12.8. The molecule has 26 heavy (non-hydrogen) atoms. The van der Waals surface area contributed by atoms with E-state index in [0.717, 1.165) is 24.0 Å². The monoisotopic (exact) mass is 388 g/mol. The number of carbonyl (C=O) groups is 1. The van der Waals surface area contributed by atoms with Crippen molar-refractivity contribution in [1.82, 2.24) is 10.2 Å². The first-order chi connectivity index (χ1) is 12.6. The molecule has 1 N–H and O–H groups in total. The van der Waals surface area contributed by atoms with Crippen molar-refractivity contribution in [3.8, 4) is 0 Å². The largest absolute Gasteiger partial charge is 0.451 e. The van der Waals surface area contributed by atoms with Gasteiger partial charge in [-0.15, -0.1) is 11.3 Å². The molecular weight excluding hydrogens is 368 g/mol. The van der Waals surface area contributed by atoms with Crippen LogP contribution in [0.4, 0.5) is 0 Å². The Balaban J connectivity index is 1.53. The topological polar surface area (TPSA) is 45.5 Å². The molecule has 0 radical (unpaired) electrons. The molecule has 2 aromatic heterocycles. The van der Waals surface area contributed by atoms with E-state index < -0.39 is 0 Å². The summed E-state index contributed by atoms with van der Waals surface area (Å²) in [5.74, 6) is 0.198. The van der Waals surface area contributed by atoms with Gasteiger partial charge in [0.25, 0.3) is 5.91 Å². The van der Waals surface area contributed by atoms with Crippen molar-refractivity contribution in [3.05, 3.63) is 56.9 Å². The molecule has 4 rings (SSSR count). The van der Waals surface area contributed by atoms with Gasteiger partial charge in [-0.3, -0.25) is 9.69 Å². The molecule has 0 saturated carbocycles. The number of likely N-dealkylation sites (tertiary alicyclic amines) is 1. The first kappa shape index (κ1) is 17.6. The lowest BCUT2D eigenvalue weighted by Crippen LogP contribution is -2.36. The standard InChI is InChI=1S/C20H21ClN2O2S/c1-13-15-11-14(21)6-7-17(15)25-19(13)20(24)22-12-16(18-5-4-10-26-18)23-8-2-3-9-23/h4-7,10-11,16H,2-3,8-9,12H2,1H3,(H,22,24)/t16-/m1/s1. The predicted octanol–water partition coefficient (Wildman–Crippen LogP) is 5.02. The van der Waals surface area contributed by atoms with Crippen LogP contribution in [0.2, 0.25) is 5.02 Å². The molecule has 136 valence electrons. The van der Waals surface area contributed by atoms with Gasteiger partial charge in [0.2, 0.25) is 0 Å². The second kappa shape index (κ2) is 7.43. The third kappa shape index (κ3) is 3.39. The summed E-state index contributed by atoms with van der Waals surface area (Å²) in [5.41, 5.74) is 1.51. The van der Waals surface area contributed by atoms with Gasteiger partial charge in [-0.05, 0) is 62.5 Å². The highest BCUT2D eigenvalue weighted by Gasteiger charge is 2.26. The number of amides is 1. The number of thiophene rings is 1. The number of hydrogen-bond donors (Lipinski definition) is 1. The molecular formula is C20H21ClN2O2S. The normalized spacial score (nSPS) is 16.2. The van der Waals surface area contributed by atoms with Gasteiger partial charge < -0.3 is 9.73 Å². The maximum Gasteiger partial charge on any atom is 0.287 e. The minimum absolute atomic E-state index is 0.171. The molecule has 1 aliphatic rings. The van der Waals surface area contributed by atoms with Crippen molar-refractivity contribution in [3.63, 3.8) is 0 Å². The van der Waals surface area contributed by atoms with Crippen molar-refractivity contribution in [2.45, 2.75) is 25.8 Å². The number of nitrogens with one attached hydrogen (secondary N) is 1. The molecule has 0 unspecified atom stereocenters. The van der Waals surface area contributed by atoms with Crippen LogP contribution >= 0.6 is 22.9 Å². The SMILES string of the molecule is Cc1c(C(=O)NC[C@H](c2cccs2)N2CCCC2)oc2ccc(Cl)cc12. The van der Waals surface area contributed by atoms with Gasteiger partial charge >= 0.3 is 0 Å². The van der Waals surface area contributed by atoms with Crippen LogP contribution in [0.15, 0.2) is 40.1 Å². The second-order valence-electron chi connectivity index (χ2n) is 6.68. The third-order valence-corrected chi connectivity index (χ3v) is 6.22. The van der Waals surface area contributed by atoms with Crippen molar-refractivity contribution in [2.75, 3.05) is 19.6 Å². The molecule has 1 amide bonds. The van der Waals surface area contributed by atoms with Crippen LogP contribution in [0, 0.1) is 6.92 Å². The van der Waals surface area contributed by atoms with Crippen molar-refractivity contribution in [1.29, 1.82) is 0 Å². The molecule has 1 aliphatic heterocycles. The van der Waals surface area contributed by atoms with Gasteiger partial charge in [0.05, 0.1) is 6.04 Å². The smallest absolute Gasteiger partial charge is 0.287 e.